The maximum absolute atomic E-state index is 13.5. The molecule has 0 aromatic heterocycles. The van der Waals surface area contributed by atoms with Crippen molar-refractivity contribution >= 4 is 6.03 Å². The number of amides is 2. The average molecular weight is 306 g/mol. The molecule has 1 aromatic carbocycles. The van der Waals surface area contributed by atoms with Crippen molar-refractivity contribution in [1.29, 1.82) is 0 Å². The Morgan fingerprint density at radius 2 is 2.23 bits per heavy atom. The number of rotatable bonds is 3. The van der Waals surface area contributed by atoms with Crippen molar-refractivity contribution in [1.82, 2.24) is 10.2 Å². The molecule has 0 bridgehead atoms. The standard InChI is InChI=1S/C17H23FN2O2/c18-15-5-2-1-4-14(15)6-9-19-16(21)20-10-3-7-17(12-20)8-11-22-13-17/h1-2,4-5H,3,6-13H2,(H,19,21)/t17-/m0/s1. The van der Waals surface area contributed by atoms with Crippen molar-refractivity contribution in [3.63, 3.8) is 0 Å². The van der Waals surface area contributed by atoms with E-state index >= 15 is 0 Å². The summed E-state index contributed by atoms with van der Waals surface area (Å²) in [5.74, 6) is -0.211. The molecule has 2 aliphatic heterocycles. The van der Waals surface area contributed by atoms with Crippen molar-refractivity contribution in [3.8, 4) is 0 Å². The van der Waals surface area contributed by atoms with Crippen LogP contribution in [0.4, 0.5) is 9.18 Å². The molecule has 2 amide bonds. The number of likely N-dealkylation sites (tertiary alicyclic amines) is 1. The topological polar surface area (TPSA) is 41.6 Å². The molecule has 3 rings (SSSR count). The van der Waals surface area contributed by atoms with Gasteiger partial charge < -0.3 is 15.0 Å². The Kier molecular flexibility index (Phi) is 4.62. The Hall–Kier alpha value is -1.62. The molecular formula is C17H23FN2O2. The van der Waals surface area contributed by atoms with Crippen LogP contribution in [0.25, 0.3) is 0 Å². The summed E-state index contributed by atoms with van der Waals surface area (Å²) in [6, 6.07) is 6.66. The summed E-state index contributed by atoms with van der Waals surface area (Å²) in [4.78, 5) is 14.2. The molecule has 2 fully saturated rings. The zero-order valence-electron chi connectivity index (χ0n) is 12.8. The molecule has 1 spiro atoms. The summed E-state index contributed by atoms with van der Waals surface area (Å²) in [5, 5.41) is 2.91. The van der Waals surface area contributed by atoms with Gasteiger partial charge in [-0.1, -0.05) is 18.2 Å². The predicted molar refractivity (Wildman–Crippen MR) is 82.2 cm³/mol. The van der Waals surface area contributed by atoms with Gasteiger partial charge in [0.2, 0.25) is 0 Å². The van der Waals surface area contributed by atoms with Crippen molar-refractivity contribution in [2.75, 3.05) is 32.8 Å². The molecule has 1 aromatic rings. The molecule has 0 aliphatic carbocycles. The zero-order chi connectivity index (χ0) is 15.4. The normalized spacial score (nSPS) is 24.7. The van der Waals surface area contributed by atoms with Gasteiger partial charge in [-0.05, 0) is 37.3 Å². The van der Waals surface area contributed by atoms with E-state index in [1.54, 1.807) is 12.1 Å². The minimum atomic E-state index is -0.211. The van der Waals surface area contributed by atoms with Gasteiger partial charge in [0.15, 0.2) is 0 Å². The minimum absolute atomic E-state index is 0.0395. The van der Waals surface area contributed by atoms with Crippen molar-refractivity contribution in [2.45, 2.75) is 25.7 Å². The van der Waals surface area contributed by atoms with Crippen molar-refractivity contribution in [2.24, 2.45) is 5.41 Å². The Morgan fingerprint density at radius 1 is 1.36 bits per heavy atom. The number of hydrogen-bond donors (Lipinski definition) is 1. The quantitative estimate of drug-likeness (QED) is 0.932. The summed E-state index contributed by atoms with van der Waals surface area (Å²) < 4.78 is 19.0. The van der Waals surface area contributed by atoms with Crippen LogP contribution in [0.2, 0.25) is 0 Å². The Morgan fingerprint density at radius 3 is 3.00 bits per heavy atom. The molecule has 2 aliphatic rings. The number of benzene rings is 1. The van der Waals surface area contributed by atoms with E-state index < -0.39 is 0 Å². The van der Waals surface area contributed by atoms with E-state index in [1.807, 2.05) is 11.0 Å². The van der Waals surface area contributed by atoms with E-state index in [0.29, 0.717) is 18.5 Å². The van der Waals surface area contributed by atoms with Crippen LogP contribution in [0.3, 0.4) is 0 Å². The number of piperidine rings is 1. The van der Waals surface area contributed by atoms with Crippen LogP contribution in [0.5, 0.6) is 0 Å². The van der Waals surface area contributed by atoms with Crippen LogP contribution in [0.15, 0.2) is 24.3 Å². The summed E-state index contributed by atoms with van der Waals surface area (Å²) in [5.41, 5.74) is 0.809. The molecule has 1 N–H and O–H groups in total. The first-order valence-corrected chi connectivity index (χ1v) is 8.03. The van der Waals surface area contributed by atoms with Crippen LogP contribution in [-0.4, -0.2) is 43.8 Å². The van der Waals surface area contributed by atoms with Gasteiger partial charge in [-0.25, -0.2) is 9.18 Å². The monoisotopic (exact) mass is 306 g/mol. The highest BCUT2D eigenvalue weighted by Gasteiger charge is 2.40. The Labute approximate surface area is 130 Å². The smallest absolute Gasteiger partial charge is 0.317 e. The maximum atomic E-state index is 13.5. The highest BCUT2D eigenvalue weighted by molar-refractivity contribution is 5.74. The fourth-order valence-electron chi connectivity index (χ4n) is 3.47. The zero-order valence-corrected chi connectivity index (χ0v) is 12.8. The molecule has 120 valence electrons. The predicted octanol–water partition coefficient (Wildman–Crippen LogP) is 2.58. The first-order chi connectivity index (χ1) is 10.7. The SMILES string of the molecule is O=C(NCCc1ccccc1F)N1CCC[C@]2(CCOC2)C1. The number of urea groups is 1. The minimum Gasteiger partial charge on any atom is -0.381 e. The van der Waals surface area contributed by atoms with E-state index in [2.05, 4.69) is 5.32 Å². The van der Waals surface area contributed by atoms with Gasteiger partial charge >= 0.3 is 6.03 Å². The second-order valence-corrected chi connectivity index (χ2v) is 6.40. The van der Waals surface area contributed by atoms with Crippen LogP contribution in [-0.2, 0) is 11.2 Å². The van der Waals surface area contributed by atoms with E-state index in [0.717, 1.165) is 45.6 Å². The van der Waals surface area contributed by atoms with Crippen molar-refractivity contribution in [3.05, 3.63) is 35.6 Å². The van der Waals surface area contributed by atoms with Crippen LogP contribution in [0.1, 0.15) is 24.8 Å². The first-order valence-electron chi connectivity index (χ1n) is 8.03. The van der Waals surface area contributed by atoms with Crippen LogP contribution >= 0.6 is 0 Å². The number of nitrogens with one attached hydrogen (secondary N) is 1. The molecule has 5 heteroatoms. The number of carbonyl (C=O) groups is 1. The summed E-state index contributed by atoms with van der Waals surface area (Å²) in [7, 11) is 0. The lowest BCUT2D eigenvalue weighted by Gasteiger charge is -2.39. The van der Waals surface area contributed by atoms with Gasteiger partial charge in [0.1, 0.15) is 5.82 Å². The third-order valence-corrected chi connectivity index (χ3v) is 4.76. The molecule has 22 heavy (non-hydrogen) atoms. The molecule has 0 unspecified atom stereocenters. The largest absolute Gasteiger partial charge is 0.381 e. The lowest BCUT2D eigenvalue weighted by molar-refractivity contribution is 0.0828. The molecule has 2 heterocycles. The van der Waals surface area contributed by atoms with Gasteiger partial charge in [0, 0.05) is 31.7 Å². The highest BCUT2D eigenvalue weighted by Crippen LogP contribution is 2.37. The van der Waals surface area contributed by atoms with Crippen LogP contribution < -0.4 is 5.32 Å². The molecule has 1 atom stereocenters. The van der Waals surface area contributed by atoms with Crippen molar-refractivity contribution < 1.29 is 13.9 Å². The van der Waals surface area contributed by atoms with E-state index in [4.69, 9.17) is 4.74 Å². The van der Waals surface area contributed by atoms with E-state index in [9.17, 15) is 9.18 Å². The fourth-order valence-corrected chi connectivity index (χ4v) is 3.47. The van der Waals surface area contributed by atoms with Gasteiger partial charge in [0.05, 0.1) is 6.61 Å². The van der Waals surface area contributed by atoms with Gasteiger partial charge in [-0.15, -0.1) is 0 Å². The molecular weight excluding hydrogens is 283 g/mol. The van der Waals surface area contributed by atoms with Gasteiger partial charge in [-0.3, -0.25) is 0 Å². The average Bonchev–Trinajstić information content (AvgIpc) is 2.97. The third kappa shape index (κ3) is 3.40. The Bertz CT molecular complexity index is 529. The highest BCUT2D eigenvalue weighted by atomic mass is 19.1. The van der Waals surface area contributed by atoms with E-state index in [1.165, 1.54) is 6.07 Å². The maximum Gasteiger partial charge on any atom is 0.317 e. The lowest BCUT2D eigenvalue weighted by atomic mass is 9.79. The van der Waals surface area contributed by atoms with E-state index in [-0.39, 0.29) is 17.3 Å². The second-order valence-electron chi connectivity index (χ2n) is 6.40. The summed E-state index contributed by atoms with van der Waals surface area (Å²) in [6.45, 7) is 3.61. The molecule has 4 nitrogen and oxygen atoms in total. The number of ether oxygens (including phenoxy) is 1. The fraction of sp³-hybridized carbons (Fsp3) is 0.588. The Balaban J connectivity index is 1.48. The summed E-state index contributed by atoms with van der Waals surface area (Å²) in [6.07, 6.45) is 3.74. The number of halogens is 1. The van der Waals surface area contributed by atoms with Gasteiger partial charge in [-0.2, -0.15) is 0 Å². The van der Waals surface area contributed by atoms with Crippen LogP contribution in [0, 0.1) is 11.2 Å². The first kappa shape index (κ1) is 15.3. The number of hydrogen-bond acceptors (Lipinski definition) is 2. The summed E-state index contributed by atoms with van der Waals surface area (Å²) >= 11 is 0. The number of carbonyl (C=O) groups excluding carboxylic acids is 1. The number of nitrogens with zero attached hydrogens (tertiary/aromatic N) is 1. The third-order valence-electron chi connectivity index (χ3n) is 4.76. The molecule has 2 saturated heterocycles. The second kappa shape index (κ2) is 6.65. The van der Waals surface area contributed by atoms with Gasteiger partial charge in [0.25, 0.3) is 0 Å². The lowest BCUT2D eigenvalue weighted by Crippen LogP contribution is -2.50. The molecule has 0 saturated carbocycles. The molecule has 0 radical (unpaired) electrons.